The molecule has 0 atom stereocenters. The zero-order valence-electron chi connectivity index (χ0n) is 16.6. The lowest BCUT2D eigenvalue weighted by Gasteiger charge is -2.13. The fourth-order valence-corrected chi connectivity index (χ4v) is 2.57. The van der Waals surface area contributed by atoms with Gasteiger partial charge in [-0.3, -0.25) is 9.78 Å². The standard InChI is InChI=1S/C21H23N5O3/c1-4-28-19-11-16(12-22-25-21-23-20(27)15(3)24-26-21)8-9-18(19)29-13-17-7-5-6-14(2)10-17/h5-12H,4,13H2,1-3H3,(H2,23,25,26,27)/b22-12+. The monoisotopic (exact) mass is 393 g/mol. The van der Waals surface area contributed by atoms with Gasteiger partial charge < -0.3 is 9.47 Å². The van der Waals surface area contributed by atoms with Crippen molar-refractivity contribution in [1.29, 1.82) is 0 Å². The molecule has 0 bridgehead atoms. The van der Waals surface area contributed by atoms with E-state index in [9.17, 15) is 4.79 Å². The van der Waals surface area contributed by atoms with Crippen LogP contribution in [-0.4, -0.2) is 28.0 Å². The van der Waals surface area contributed by atoms with Crippen LogP contribution in [0.4, 0.5) is 5.95 Å². The number of benzene rings is 2. The minimum Gasteiger partial charge on any atom is -0.490 e. The predicted octanol–water partition coefficient (Wildman–Crippen LogP) is 3.21. The summed E-state index contributed by atoms with van der Waals surface area (Å²) in [6.07, 6.45) is 1.59. The van der Waals surface area contributed by atoms with Crippen molar-refractivity contribution in [1.82, 2.24) is 15.2 Å². The average Bonchev–Trinajstić information content (AvgIpc) is 2.70. The summed E-state index contributed by atoms with van der Waals surface area (Å²) < 4.78 is 11.6. The molecule has 0 radical (unpaired) electrons. The molecule has 1 heterocycles. The normalized spacial score (nSPS) is 10.9. The first kappa shape index (κ1) is 20.1. The lowest BCUT2D eigenvalue weighted by Crippen LogP contribution is -2.15. The molecule has 0 aliphatic rings. The van der Waals surface area contributed by atoms with Gasteiger partial charge in [-0.2, -0.15) is 5.10 Å². The molecule has 0 saturated carbocycles. The molecule has 0 unspecified atom stereocenters. The second-order valence-corrected chi connectivity index (χ2v) is 6.38. The smallest absolute Gasteiger partial charge is 0.274 e. The Morgan fingerprint density at radius 3 is 2.72 bits per heavy atom. The summed E-state index contributed by atoms with van der Waals surface area (Å²) in [5.74, 6) is 1.46. The number of hydrazone groups is 1. The third-order valence-electron chi connectivity index (χ3n) is 3.99. The zero-order valence-corrected chi connectivity index (χ0v) is 16.6. The number of H-pyrrole nitrogens is 1. The van der Waals surface area contributed by atoms with Crippen molar-refractivity contribution < 1.29 is 9.47 Å². The van der Waals surface area contributed by atoms with Gasteiger partial charge in [-0.25, -0.2) is 5.43 Å². The fraction of sp³-hybridized carbons (Fsp3) is 0.238. The van der Waals surface area contributed by atoms with E-state index in [2.05, 4.69) is 44.8 Å². The van der Waals surface area contributed by atoms with Gasteiger partial charge in [0.1, 0.15) is 12.3 Å². The molecule has 29 heavy (non-hydrogen) atoms. The number of hydrogen-bond acceptors (Lipinski definition) is 7. The van der Waals surface area contributed by atoms with E-state index in [-0.39, 0.29) is 11.5 Å². The first-order valence-electron chi connectivity index (χ1n) is 9.23. The second kappa shape index (κ2) is 9.50. The van der Waals surface area contributed by atoms with Crippen molar-refractivity contribution in [3.8, 4) is 11.5 Å². The van der Waals surface area contributed by atoms with Gasteiger partial charge in [-0.05, 0) is 50.1 Å². The molecular formula is C21H23N5O3. The number of anilines is 1. The Morgan fingerprint density at radius 1 is 1.10 bits per heavy atom. The average molecular weight is 393 g/mol. The van der Waals surface area contributed by atoms with E-state index in [0.29, 0.717) is 30.4 Å². The Morgan fingerprint density at radius 2 is 1.97 bits per heavy atom. The molecule has 3 rings (SSSR count). The van der Waals surface area contributed by atoms with E-state index in [1.54, 1.807) is 13.1 Å². The third-order valence-corrected chi connectivity index (χ3v) is 3.99. The second-order valence-electron chi connectivity index (χ2n) is 6.38. The van der Waals surface area contributed by atoms with Crippen LogP contribution >= 0.6 is 0 Å². The molecule has 2 aromatic carbocycles. The highest BCUT2D eigenvalue weighted by Gasteiger charge is 2.07. The van der Waals surface area contributed by atoms with Gasteiger partial charge >= 0.3 is 0 Å². The summed E-state index contributed by atoms with van der Waals surface area (Å²) in [5.41, 5.74) is 5.71. The number of aryl methyl sites for hydroxylation is 2. The molecule has 0 spiro atoms. The number of aromatic nitrogens is 3. The van der Waals surface area contributed by atoms with Gasteiger partial charge in [0.25, 0.3) is 5.56 Å². The Kier molecular flexibility index (Phi) is 6.57. The molecule has 8 nitrogen and oxygen atoms in total. The van der Waals surface area contributed by atoms with Gasteiger partial charge in [0.2, 0.25) is 5.95 Å². The molecule has 0 aliphatic carbocycles. The fourth-order valence-electron chi connectivity index (χ4n) is 2.57. The van der Waals surface area contributed by atoms with Crippen LogP contribution in [-0.2, 0) is 6.61 Å². The summed E-state index contributed by atoms with van der Waals surface area (Å²) in [5, 5.41) is 11.6. The first-order chi connectivity index (χ1) is 14.0. The summed E-state index contributed by atoms with van der Waals surface area (Å²) in [7, 11) is 0. The minimum absolute atomic E-state index is 0.167. The van der Waals surface area contributed by atoms with Gasteiger partial charge in [-0.1, -0.05) is 29.8 Å². The highest BCUT2D eigenvalue weighted by molar-refractivity contribution is 5.81. The molecule has 150 valence electrons. The van der Waals surface area contributed by atoms with E-state index < -0.39 is 0 Å². The van der Waals surface area contributed by atoms with Crippen LogP contribution in [0.15, 0.2) is 52.4 Å². The Hall–Kier alpha value is -3.68. The van der Waals surface area contributed by atoms with E-state index >= 15 is 0 Å². The predicted molar refractivity (Wildman–Crippen MR) is 112 cm³/mol. The largest absolute Gasteiger partial charge is 0.490 e. The number of rotatable bonds is 8. The Labute approximate surface area is 168 Å². The highest BCUT2D eigenvalue weighted by atomic mass is 16.5. The van der Waals surface area contributed by atoms with E-state index in [0.717, 1.165) is 11.1 Å². The molecule has 0 amide bonds. The van der Waals surface area contributed by atoms with Gasteiger partial charge in [0.05, 0.1) is 12.8 Å². The Bertz CT molecular complexity index is 1060. The SMILES string of the molecule is CCOc1cc(/C=N/Nc2nnc(C)c(=O)[nH]2)ccc1OCc1cccc(C)c1. The van der Waals surface area contributed by atoms with Gasteiger partial charge in [-0.15, -0.1) is 10.2 Å². The van der Waals surface area contributed by atoms with Crippen LogP contribution in [0.3, 0.4) is 0 Å². The molecule has 1 aromatic heterocycles. The molecule has 2 N–H and O–H groups in total. The van der Waals surface area contributed by atoms with E-state index in [1.807, 2.05) is 37.3 Å². The zero-order chi connectivity index (χ0) is 20.6. The van der Waals surface area contributed by atoms with Crippen molar-refractivity contribution in [3.05, 3.63) is 75.2 Å². The lowest BCUT2D eigenvalue weighted by atomic mass is 10.1. The van der Waals surface area contributed by atoms with Crippen molar-refractivity contribution >= 4 is 12.2 Å². The van der Waals surface area contributed by atoms with Crippen LogP contribution < -0.4 is 20.5 Å². The maximum Gasteiger partial charge on any atom is 0.274 e. The van der Waals surface area contributed by atoms with Gasteiger partial charge in [0, 0.05) is 0 Å². The van der Waals surface area contributed by atoms with Crippen molar-refractivity contribution in [3.63, 3.8) is 0 Å². The van der Waals surface area contributed by atoms with Crippen LogP contribution in [0.2, 0.25) is 0 Å². The maximum absolute atomic E-state index is 11.5. The minimum atomic E-state index is -0.313. The summed E-state index contributed by atoms with van der Waals surface area (Å²) in [4.78, 5) is 14.1. The molecular weight excluding hydrogens is 370 g/mol. The van der Waals surface area contributed by atoms with Crippen molar-refractivity contribution in [2.75, 3.05) is 12.0 Å². The van der Waals surface area contributed by atoms with Crippen LogP contribution in [0.1, 0.15) is 29.3 Å². The van der Waals surface area contributed by atoms with Crippen molar-refractivity contribution in [2.45, 2.75) is 27.4 Å². The quantitative estimate of drug-likeness (QED) is 0.450. The molecule has 0 fully saturated rings. The third kappa shape index (κ3) is 5.65. The van der Waals surface area contributed by atoms with Crippen molar-refractivity contribution in [2.24, 2.45) is 5.10 Å². The lowest BCUT2D eigenvalue weighted by molar-refractivity contribution is 0.269. The summed E-state index contributed by atoms with van der Waals surface area (Å²) in [6, 6.07) is 13.7. The summed E-state index contributed by atoms with van der Waals surface area (Å²) in [6.45, 7) is 6.51. The summed E-state index contributed by atoms with van der Waals surface area (Å²) >= 11 is 0. The van der Waals surface area contributed by atoms with E-state index in [1.165, 1.54) is 5.56 Å². The van der Waals surface area contributed by atoms with Crippen LogP contribution in [0, 0.1) is 13.8 Å². The number of hydrogen-bond donors (Lipinski definition) is 2. The molecule has 0 aliphatic heterocycles. The Balaban J connectivity index is 1.69. The first-order valence-corrected chi connectivity index (χ1v) is 9.23. The molecule has 0 saturated heterocycles. The van der Waals surface area contributed by atoms with Gasteiger partial charge in [0.15, 0.2) is 11.5 Å². The number of nitrogens with one attached hydrogen (secondary N) is 2. The maximum atomic E-state index is 11.5. The molecule has 3 aromatic rings. The highest BCUT2D eigenvalue weighted by Crippen LogP contribution is 2.29. The van der Waals surface area contributed by atoms with Crippen LogP contribution in [0.5, 0.6) is 11.5 Å². The van der Waals surface area contributed by atoms with Crippen LogP contribution in [0.25, 0.3) is 0 Å². The number of nitrogens with zero attached hydrogens (tertiary/aromatic N) is 3. The number of ether oxygens (including phenoxy) is 2. The number of aromatic amines is 1. The van der Waals surface area contributed by atoms with E-state index in [4.69, 9.17) is 9.47 Å². The topological polar surface area (TPSA) is 101 Å². The molecule has 8 heteroatoms.